The second kappa shape index (κ2) is 18.2. The van der Waals surface area contributed by atoms with Gasteiger partial charge in [-0.3, -0.25) is 9.59 Å². The molecule has 2 aliphatic rings. The molecular weight excluding hydrogens is 727 g/mol. The van der Waals surface area contributed by atoms with E-state index in [9.17, 15) is 29.4 Å². The fourth-order valence-corrected chi connectivity index (χ4v) is 7.54. The van der Waals surface area contributed by atoms with Crippen molar-refractivity contribution in [1.29, 1.82) is 0 Å². The van der Waals surface area contributed by atoms with Gasteiger partial charge in [0.1, 0.15) is 17.9 Å². The molecule has 0 spiro atoms. The molecule has 4 atom stereocenters. The van der Waals surface area contributed by atoms with Crippen molar-refractivity contribution >= 4 is 46.9 Å². The molecule has 0 radical (unpaired) electrons. The molecule has 4 amide bonds. The first-order chi connectivity index (χ1) is 27.4. The third-order valence-electron chi connectivity index (χ3n) is 10.5. The van der Waals surface area contributed by atoms with E-state index in [-0.39, 0.29) is 23.9 Å². The molecule has 1 aromatic heterocycles. The lowest BCUT2D eigenvalue weighted by Gasteiger charge is -2.33. The zero-order chi connectivity index (χ0) is 40.6. The van der Waals surface area contributed by atoms with Gasteiger partial charge in [0.15, 0.2) is 0 Å². The summed E-state index contributed by atoms with van der Waals surface area (Å²) >= 11 is 0. The molecule has 3 heterocycles. The van der Waals surface area contributed by atoms with Gasteiger partial charge in [-0.25, -0.2) is 14.6 Å². The van der Waals surface area contributed by atoms with Crippen molar-refractivity contribution < 1.29 is 34.1 Å². The number of aromatic nitrogens is 1. The summed E-state index contributed by atoms with van der Waals surface area (Å²) in [5.41, 5.74) is 6.33. The van der Waals surface area contributed by atoms with Crippen LogP contribution in [-0.4, -0.2) is 77.6 Å². The SMILES string of the molecule is CC(C)[C@H](NC(=O)O)C(=O)Nc1ccc([C@H]2CC[C@H](c3ccc(NC(=O)[C@@H](NC(=O)O)C(C)C)cc3)N2c2ccc(-c3ccc(N4CCOCC4)nc3)cc2)cc1. The number of morpholine rings is 1. The predicted octanol–water partition coefficient (Wildman–Crippen LogP) is 7.13. The molecule has 0 saturated carbocycles. The second-order valence-corrected chi connectivity index (χ2v) is 15.1. The van der Waals surface area contributed by atoms with E-state index in [1.54, 1.807) is 27.7 Å². The van der Waals surface area contributed by atoms with Crippen molar-refractivity contribution in [3.05, 3.63) is 102 Å². The Morgan fingerprint density at radius 1 is 0.649 bits per heavy atom. The first-order valence-electron chi connectivity index (χ1n) is 19.4. The topological polar surface area (TPSA) is 185 Å². The van der Waals surface area contributed by atoms with Crippen molar-refractivity contribution in [2.45, 2.75) is 64.7 Å². The van der Waals surface area contributed by atoms with E-state index < -0.39 is 36.1 Å². The van der Waals surface area contributed by atoms with Crippen LogP contribution in [-0.2, 0) is 14.3 Å². The fraction of sp³-hybridized carbons (Fsp3) is 0.372. The van der Waals surface area contributed by atoms with Crippen LogP contribution < -0.4 is 31.1 Å². The van der Waals surface area contributed by atoms with Gasteiger partial charge in [-0.15, -0.1) is 0 Å². The molecule has 6 rings (SSSR count). The first-order valence-corrected chi connectivity index (χ1v) is 19.4. The molecule has 2 aliphatic heterocycles. The van der Waals surface area contributed by atoms with E-state index in [0.717, 1.165) is 59.7 Å². The summed E-state index contributed by atoms with van der Waals surface area (Å²) in [5, 5.41) is 28.8. The maximum Gasteiger partial charge on any atom is 0.405 e. The molecule has 2 fully saturated rings. The molecule has 14 nitrogen and oxygen atoms in total. The summed E-state index contributed by atoms with van der Waals surface area (Å²) in [5.74, 6) is -0.390. The Hall–Kier alpha value is -6.15. The average molecular weight is 778 g/mol. The third-order valence-corrected chi connectivity index (χ3v) is 10.5. The van der Waals surface area contributed by atoms with Gasteiger partial charge in [-0.05, 0) is 89.9 Å². The minimum atomic E-state index is -1.26. The molecule has 2 saturated heterocycles. The van der Waals surface area contributed by atoms with Crippen molar-refractivity contribution in [3.63, 3.8) is 0 Å². The summed E-state index contributed by atoms with van der Waals surface area (Å²) in [4.78, 5) is 57.9. The molecule has 0 unspecified atom stereocenters. The lowest BCUT2D eigenvalue weighted by atomic mass is 10.0. The number of carboxylic acid groups (broad SMARTS) is 2. The average Bonchev–Trinajstić information content (AvgIpc) is 3.65. The summed E-state index contributed by atoms with van der Waals surface area (Å²) < 4.78 is 5.49. The lowest BCUT2D eigenvalue weighted by molar-refractivity contribution is -0.119. The number of ether oxygens (including phenoxy) is 1. The molecule has 14 heteroatoms. The third kappa shape index (κ3) is 10.00. The number of amides is 4. The molecular formula is C43H51N7O7. The van der Waals surface area contributed by atoms with Gasteiger partial charge in [0, 0.05) is 41.9 Å². The number of pyridine rings is 1. The summed E-state index contributed by atoms with van der Waals surface area (Å²) in [7, 11) is 0. The quantitative estimate of drug-likeness (QED) is 0.0816. The molecule has 300 valence electrons. The molecule has 57 heavy (non-hydrogen) atoms. The van der Waals surface area contributed by atoms with Crippen molar-refractivity contribution in [1.82, 2.24) is 15.6 Å². The summed E-state index contributed by atoms with van der Waals surface area (Å²) in [6.45, 7) is 10.2. The van der Waals surface area contributed by atoms with Gasteiger partial charge in [0.25, 0.3) is 0 Å². The Bertz CT molecular complexity index is 1910. The van der Waals surface area contributed by atoms with Gasteiger partial charge in [-0.2, -0.15) is 0 Å². The standard InChI is InChI=1S/C43H51N7O7/c1-26(2)38(47-42(53)54)40(51)45-32-12-5-29(6-13-32)35-18-19-36(30-7-14-33(15-8-30)46-41(52)39(27(3)4)48-43(55)56)50(35)34-16-9-28(10-17-34)31-11-20-37(44-25-31)49-21-23-57-24-22-49/h5-17,20,25-27,35-36,38-39,47-48H,18-19,21-24H2,1-4H3,(H,45,51)(H,46,52)(H,53,54)(H,55,56)/t35-,36-,38+,39+/m1/s1. The van der Waals surface area contributed by atoms with Gasteiger partial charge in [-0.1, -0.05) is 64.1 Å². The highest BCUT2D eigenvalue weighted by molar-refractivity contribution is 5.97. The minimum Gasteiger partial charge on any atom is -0.465 e. The van der Waals surface area contributed by atoms with E-state index in [1.165, 1.54) is 0 Å². The predicted molar refractivity (Wildman–Crippen MR) is 220 cm³/mol. The van der Waals surface area contributed by atoms with Gasteiger partial charge >= 0.3 is 12.2 Å². The fourth-order valence-electron chi connectivity index (χ4n) is 7.54. The highest BCUT2D eigenvalue weighted by Gasteiger charge is 2.36. The maximum absolute atomic E-state index is 13.0. The minimum absolute atomic E-state index is 0.00886. The van der Waals surface area contributed by atoms with E-state index in [4.69, 9.17) is 9.72 Å². The highest BCUT2D eigenvalue weighted by atomic mass is 16.5. The monoisotopic (exact) mass is 777 g/mol. The number of nitrogens with zero attached hydrogens (tertiary/aromatic N) is 3. The lowest BCUT2D eigenvalue weighted by Crippen LogP contribution is -2.46. The number of benzene rings is 3. The summed E-state index contributed by atoms with van der Waals surface area (Å²) in [6.07, 6.45) is 1.09. The molecule has 6 N–H and O–H groups in total. The highest BCUT2D eigenvalue weighted by Crippen LogP contribution is 2.47. The van der Waals surface area contributed by atoms with E-state index in [0.29, 0.717) is 24.6 Å². The van der Waals surface area contributed by atoms with E-state index in [2.05, 4.69) is 67.5 Å². The number of carbonyl (C=O) groups excluding carboxylic acids is 2. The Morgan fingerprint density at radius 2 is 1.11 bits per heavy atom. The Balaban J connectivity index is 1.25. The van der Waals surface area contributed by atoms with Crippen LogP contribution in [0.25, 0.3) is 11.1 Å². The van der Waals surface area contributed by atoms with Crippen molar-refractivity contribution in [2.24, 2.45) is 11.8 Å². The zero-order valence-electron chi connectivity index (χ0n) is 32.6. The van der Waals surface area contributed by atoms with Gasteiger partial charge < -0.3 is 46.0 Å². The first kappa shape index (κ1) is 40.5. The number of rotatable bonds is 13. The normalized spacial score (nSPS) is 17.9. The summed E-state index contributed by atoms with van der Waals surface area (Å²) in [6, 6.07) is 26.2. The Morgan fingerprint density at radius 3 is 1.51 bits per heavy atom. The van der Waals surface area contributed by atoms with Crippen LogP contribution in [0.4, 0.5) is 32.5 Å². The van der Waals surface area contributed by atoms with Crippen molar-refractivity contribution in [2.75, 3.05) is 46.7 Å². The largest absolute Gasteiger partial charge is 0.465 e. The van der Waals surface area contributed by atoms with Crippen LogP contribution in [0.5, 0.6) is 0 Å². The number of hydrogen-bond acceptors (Lipinski definition) is 8. The number of anilines is 4. The van der Waals surface area contributed by atoms with Crippen LogP contribution in [0.1, 0.15) is 63.7 Å². The number of carbonyl (C=O) groups is 4. The van der Waals surface area contributed by atoms with Crippen LogP contribution >= 0.6 is 0 Å². The maximum atomic E-state index is 13.0. The zero-order valence-corrected chi connectivity index (χ0v) is 32.6. The molecule has 4 aromatic rings. The van der Waals surface area contributed by atoms with E-state index in [1.807, 2.05) is 54.7 Å². The van der Waals surface area contributed by atoms with Crippen LogP contribution in [0.15, 0.2) is 91.1 Å². The molecule has 3 aromatic carbocycles. The Labute approximate surface area is 332 Å². The number of nitrogens with one attached hydrogen (secondary N) is 4. The second-order valence-electron chi connectivity index (χ2n) is 15.1. The van der Waals surface area contributed by atoms with Crippen LogP contribution in [0.2, 0.25) is 0 Å². The van der Waals surface area contributed by atoms with Crippen LogP contribution in [0, 0.1) is 11.8 Å². The van der Waals surface area contributed by atoms with Crippen molar-refractivity contribution in [3.8, 4) is 11.1 Å². The van der Waals surface area contributed by atoms with Gasteiger partial charge in [0.05, 0.1) is 25.3 Å². The van der Waals surface area contributed by atoms with Gasteiger partial charge in [0.2, 0.25) is 11.8 Å². The Kier molecular flexibility index (Phi) is 12.9. The number of hydrogen-bond donors (Lipinski definition) is 6. The van der Waals surface area contributed by atoms with E-state index >= 15 is 0 Å². The van der Waals surface area contributed by atoms with Crippen LogP contribution in [0.3, 0.4) is 0 Å². The smallest absolute Gasteiger partial charge is 0.405 e. The molecule has 0 aliphatic carbocycles. The molecule has 0 bridgehead atoms.